The Kier molecular flexibility index (Phi) is 4.57. The fourth-order valence-electron chi connectivity index (χ4n) is 1.89. The number of hydrogen-bond acceptors (Lipinski definition) is 1. The third-order valence-corrected chi connectivity index (χ3v) is 2.42. The van der Waals surface area contributed by atoms with E-state index in [9.17, 15) is 0 Å². The molecule has 0 amide bonds. The molecule has 0 aliphatic heterocycles. The molecule has 1 aromatic carbocycles. The minimum atomic E-state index is 0.740. The summed E-state index contributed by atoms with van der Waals surface area (Å²) in [5, 5.41) is 0. The maximum atomic E-state index is 5.47. The Bertz CT molecular complexity index is 330. The minimum absolute atomic E-state index is 0.740. The highest BCUT2D eigenvalue weighted by Crippen LogP contribution is 2.13. The first-order valence-electron chi connectivity index (χ1n) is 5.54. The first-order chi connectivity index (χ1) is 7.11. The van der Waals surface area contributed by atoms with Crippen molar-refractivity contribution in [3.8, 4) is 0 Å². The van der Waals surface area contributed by atoms with Crippen LogP contribution >= 0.6 is 0 Å². The molecule has 0 aromatic heterocycles. The molecule has 0 atom stereocenters. The van der Waals surface area contributed by atoms with Crippen LogP contribution in [0.3, 0.4) is 0 Å². The normalized spacial score (nSPS) is 11.9. The van der Waals surface area contributed by atoms with Crippen LogP contribution in [0.1, 0.15) is 30.0 Å². The summed E-state index contributed by atoms with van der Waals surface area (Å²) in [4.78, 5) is 0. The quantitative estimate of drug-likeness (QED) is 0.747. The lowest BCUT2D eigenvalue weighted by molar-refractivity contribution is 0.980. The first-order valence-corrected chi connectivity index (χ1v) is 5.54. The van der Waals surface area contributed by atoms with Gasteiger partial charge in [0.25, 0.3) is 0 Å². The van der Waals surface area contributed by atoms with Gasteiger partial charge >= 0.3 is 0 Å². The molecule has 0 aliphatic rings. The van der Waals surface area contributed by atoms with Gasteiger partial charge in [-0.2, -0.15) is 0 Å². The van der Waals surface area contributed by atoms with Crippen molar-refractivity contribution < 1.29 is 0 Å². The van der Waals surface area contributed by atoms with Gasteiger partial charge in [0.15, 0.2) is 0 Å². The standard InChI is InChI=1S/C14H21N/c1-11(5-4-6-15)8-14-9-12(2)7-13(3)10-14/h5,7,9-10H,4,6,8,15H2,1-3H3. The lowest BCUT2D eigenvalue weighted by atomic mass is 10.0. The average Bonchev–Trinajstić information content (AvgIpc) is 2.13. The zero-order valence-electron chi connectivity index (χ0n) is 10.0. The van der Waals surface area contributed by atoms with E-state index in [4.69, 9.17) is 5.73 Å². The smallest absolute Gasteiger partial charge is 0.00425 e. The Hall–Kier alpha value is -1.08. The minimum Gasteiger partial charge on any atom is -0.330 e. The van der Waals surface area contributed by atoms with Crippen LogP contribution in [-0.4, -0.2) is 6.54 Å². The van der Waals surface area contributed by atoms with Crippen LogP contribution in [0.5, 0.6) is 0 Å². The Morgan fingerprint density at radius 2 is 1.80 bits per heavy atom. The maximum Gasteiger partial charge on any atom is -0.00425 e. The largest absolute Gasteiger partial charge is 0.330 e. The number of allylic oxidation sites excluding steroid dienone is 1. The van der Waals surface area contributed by atoms with E-state index < -0.39 is 0 Å². The summed E-state index contributed by atoms with van der Waals surface area (Å²) in [6.07, 6.45) is 4.26. The first kappa shape index (κ1) is 12.0. The molecule has 0 fully saturated rings. The monoisotopic (exact) mass is 203 g/mol. The summed E-state index contributed by atoms with van der Waals surface area (Å²) in [7, 11) is 0. The van der Waals surface area contributed by atoms with Gasteiger partial charge in [-0.1, -0.05) is 41.0 Å². The fourth-order valence-corrected chi connectivity index (χ4v) is 1.89. The van der Waals surface area contributed by atoms with Crippen molar-refractivity contribution in [3.05, 3.63) is 46.5 Å². The van der Waals surface area contributed by atoms with E-state index in [-0.39, 0.29) is 0 Å². The van der Waals surface area contributed by atoms with Gasteiger partial charge in [-0.15, -0.1) is 0 Å². The van der Waals surface area contributed by atoms with Crippen molar-refractivity contribution in [3.63, 3.8) is 0 Å². The molecule has 0 heterocycles. The summed E-state index contributed by atoms with van der Waals surface area (Å²) in [5.41, 5.74) is 11.0. The molecule has 0 unspecified atom stereocenters. The highest BCUT2D eigenvalue weighted by atomic mass is 14.5. The zero-order valence-corrected chi connectivity index (χ0v) is 10.0. The third kappa shape index (κ3) is 4.30. The van der Waals surface area contributed by atoms with Crippen molar-refractivity contribution in [2.24, 2.45) is 5.73 Å². The molecule has 0 bridgehead atoms. The van der Waals surface area contributed by atoms with Crippen LogP contribution in [0.4, 0.5) is 0 Å². The molecular weight excluding hydrogens is 182 g/mol. The van der Waals surface area contributed by atoms with E-state index in [2.05, 4.69) is 45.0 Å². The second-order valence-electron chi connectivity index (χ2n) is 4.30. The van der Waals surface area contributed by atoms with Gasteiger partial charge in [-0.25, -0.2) is 0 Å². The van der Waals surface area contributed by atoms with Gasteiger partial charge in [0.05, 0.1) is 0 Å². The van der Waals surface area contributed by atoms with Gasteiger partial charge in [-0.05, 0) is 45.7 Å². The Balaban J connectivity index is 2.72. The lowest BCUT2D eigenvalue weighted by Gasteiger charge is -2.05. The molecule has 0 saturated carbocycles. The second kappa shape index (κ2) is 5.72. The molecule has 82 valence electrons. The van der Waals surface area contributed by atoms with Crippen LogP contribution < -0.4 is 5.73 Å². The van der Waals surface area contributed by atoms with Crippen molar-refractivity contribution >= 4 is 0 Å². The highest BCUT2D eigenvalue weighted by molar-refractivity contribution is 5.31. The number of benzene rings is 1. The lowest BCUT2D eigenvalue weighted by Crippen LogP contribution is -1.97. The molecule has 0 radical (unpaired) electrons. The third-order valence-electron chi connectivity index (χ3n) is 2.42. The molecule has 1 aromatic rings. The van der Waals surface area contributed by atoms with E-state index in [0.717, 1.165) is 19.4 Å². The van der Waals surface area contributed by atoms with Gasteiger partial charge in [-0.3, -0.25) is 0 Å². The van der Waals surface area contributed by atoms with Gasteiger partial charge < -0.3 is 5.73 Å². The van der Waals surface area contributed by atoms with Crippen molar-refractivity contribution in [2.45, 2.75) is 33.6 Å². The second-order valence-corrected chi connectivity index (χ2v) is 4.30. The zero-order chi connectivity index (χ0) is 11.3. The molecule has 0 spiro atoms. The van der Waals surface area contributed by atoms with Gasteiger partial charge in [0.2, 0.25) is 0 Å². The van der Waals surface area contributed by atoms with E-state index in [0.29, 0.717) is 0 Å². The summed E-state index contributed by atoms with van der Waals surface area (Å²) in [6, 6.07) is 6.72. The molecule has 2 N–H and O–H groups in total. The predicted molar refractivity (Wildman–Crippen MR) is 67.0 cm³/mol. The average molecular weight is 203 g/mol. The Labute approximate surface area is 93.0 Å². The van der Waals surface area contributed by atoms with Crippen LogP contribution in [0.2, 0.25) is 0 Å². The van der Waals surface area contributed by atoms with E-state index in [1.165, 1.54) is 22.3 Å². The SMILES string of the molecule is CC(=CCCN)Cc1cc(C)cc(C)c1. The molecule has 0 aliphatic carbocycles. The van der Waals surface area contributed by atoms with Crippen LogP contribution in [0.15, 0.2) is 29.8 Å². The molecule has 1 rings (SSSR count). The number of hydrogen-bond donors (Lipinski definition) is 1. The maximum absolute atomic E-state index is 5.47. The van der Waals surface area contributed by atoms with Crippen LogP contribution in [0.25, 0.3) is 0 Å². The van der Waals surface area contributed by atoms with Crippen molar-refractivity contribution in [1.29, 1.82) is 0 Å². The summed E-state index contributed by atoms with van der Waals surface area (Å²) < 4.78 is 0. The summed E-state index contributed by atoms with van der Waals surface area (Å²) in [6.45, 7) is 7.21. The summed E-state index contributed by atoms with van der Waals surface area (Å²) in [5.74, 6) is 0. The van der Waals surface area contributed by atoms with Crippen molar-refractivity contribution in [1.82, 2.24) is 0 Å². The fraction of sp³-hybridized carbons (Fsp3) is 0.429. The Morgan fingerprint density at radius 1 is 1.20 bits per heavy atom. The molecule has 0 saturated heterocycles. The molecule has 1 nitrogen and oxygen atoms in total. The molecule has 1 heteroatoms. The number of nitrogens with two attached hydrogens (primary N) is 1. The Morgan fingerprint density at radius 3 is 2.33 bits per heavy atom. The van der Waals surface area contributed by atoms with Crippen molar-refractivity contribution in [2.75, 3.05) is 6.54 Å². The molecule has 15 heavy (non-hydrogen) atoms. The van der Waals surface area contributed by atoms with E-state index in [1.54, 1.807) is 0 Å². The van der Waals surface area contributed by atoms with Gasteiger partial charge in [0.1, 0.15) is 0 Å². The molecular formula is C14H21N. The highest BCUT2D eigenvalue weighted by Gasteiger charge is 1.97. The van der Waals surface area contributed by atoms with Gasteiger partial charge in [0, 0.05) is 0 Å². The van der Waals surface area contributed by atoms with Crippen LogP contribution in [-0.2, 0) is 6.42 Å². The van der Waals surface area contributed by atoms with E-state index >= 15 is 0 Å². The summed E-state index contributed by atoms with van der Waals surface area (Å²) >= 11 is 0. The van der Waals surface area contributed by atoms with Crippen LogP contribution in [0, 0.1) is 13.8 Å². The number of rotatable bonds is 4. The van der Waals surface area contributed by atoms with E-state index in [1.807, 2.05) is 0 Å². The topological polar surface area (TPSA) is 26.0 Å². The number of aryl methyl sites for hydroxylation is 2. The predicted octanol–water partition coefficient (Wildman–Crippen LogP) is 3.14.